The summed E-state index contributed by atoms with van der Waals surface area (Å²) in [4.78, 5) is 11.0. The molecule has 3 nitrogen and oxygen atoms in total. The summed E-state index contributed by atoms with van der Waals surface area (Å²) in [5, 5.41) is 0. The average Bonchev–Trinajstić information content (AvgIpc) is 2.11. The predicted octanol–water partition coefficient (Wildman–Crippen LogP) is 1.75. The Morgan fingerprint density at radius 1 is 1.62 bits per heavy atom. The number of nitrogens with two attached hydrogens (primary N) is 1. The van der Waals surface area contributed by atoms with Gasteiger partial charge in [0.15, 0.2) is 0 Å². The molecule has 0 spiro atoms. The van der Waals surface area contributed by atoms with Gasteiger partial charge in [-0.25, -0.2) is 0 Å². The van der Waals surface area contributed by atoms with Gasteiger partial charge >= 0.3 is 5.97 Å². The smallest absolute Gasteiger partial charge is 0.310 e. The van der Waals surface area contributed by atoms with Gasteiger partial charge in [0.2, 0.25) is 0 Å². The van der Waals surface area contributed by atoms with Gasteiger partial charge in [-0.15, -0.1) is 0 Å². The third-order valence-electron chi connectivity index (χ3n) is 1.70. The van der Waals surface area contributed by atoms with E-state index >= 15 is 0 Å². The molecule has 0 aromatic heterocycles. The Morgan fingerprint density at radius 2 is 2.31 bits per heavy atom. The zero-order valence-corrected chi connectivity index (χ0v) is 8.80. The van der Waals surface area contributed by atoms with Crippen LogP contribution in [0.15, 0.2) is 22.7 Å². The fraction of sp³-hybridized carbons (Fsp3) is 0.222. The highest BCUT2D eigenvalue weighted by molar-refractivity contribution is 9.10. The van der Waals surface area contributed by atoms with Crippen molar-refractivity contribution in [1.82, 2.24) is 0 Å². The van der Waals surface area contributed by atoms with Crippen LogP contribution in [0.25, 0.3) is 0 Å². The molecule has 0 radical (unpaired) electrons. The van der Waals surface area contributed by atoms with Crippen LogP contribution in [-0.4, -0.2) is 13.1 Å². The molecule has 1 aromatic rings. The van der Waals surface area contributed by atoms with Crippen molar-refractivity contribution in [1.29, 1.82) is 0 Å². The van der Waals surface area contributed by atoms with E-state index in [4.69, 9.17) is 5.73 Å². The molecule has 2 N–H and O–H groups in total. The zero-order valence-electron chi connectivity index (χ0n) is 7.21. The van der Waals surface area contributed by atoms with Gasteiger partial charge < -0.3 is 10.5 Å². The molecule has 0 saturated heterocycles. The SMILES string of the molecule is COC(=O)Cc1c(N)cccc1Br. The van der Waals surface area contributed by atoms with Crippen molar-refractivity contribution in [2.45, 2.75) is 6.42 Å². The van der Waals surface area contributed by atoms with Crippen LogP contribution in [0.2, 0.25) is 0 Å². The van der Waals surface area contributed by atoms with Gasteiger partial charge in [-0.2, -0.15) is 0 Å². The van der Waals surface area contributed by atoms with E-state index in [0.29, 0.717) is 5.69 Å². The van der Waals surface area contributed by atoms with Crippen molar-refractivity contribution in [3.05, 3.63) is 28.2 Å². The highest BCUT2D eigenvalue weighted by Gasteiger charge is 2.09. The Hall–Kier alpha value is -1.03. The maximum Gasteiger partial charge on any atom is 0.310 e. The first kappa shape index (κ1) is 10.1. The molecule has 0 atom stereocenters. The first-order chi connectivity index (χ1) is 6.15. The van der Waals surface area contributed by atoms with E-state index < -0.39 is 0 Å². The summed E-state index contributed by atoms with van der Waals surface area (Å²) in [5.74, 6) is -0.293. The van der Waals surface area contributed by atoms with Gasteiger partial charge in [-0.1, -0.05) is 22.0 Å². The number of rotatable bonds is 2. The molecule has 0 aliphatic heterocycles. The number of carbonyl (C=O) groups excluding carboxylic acids is 1. The second kappa shape index (κ2) is 4.28. The molecule has 70 valence electrons. The molecular weight excluding hydrogens is 234 g/mol. The number of anilines is 1. The number of hydrogen-bond acceptors (Lipinski definition) is 3. The second-order valence-corrected chi connectivity index (χ2v) is 3.41. The minimum absolute atomic E-state index is 0.198. The second-order valence-electron chi connectivity index (χ2n) is 2.56. The minimum atomic E-state index is -0.293. The van der Waals surface area contributed by atoms with Gasteiger partial charge in [0.1, 0.15) is 0 Å². The summed E-state index contributed by atoms with van der Waals surface area (Å²) in [7, 11) is 1.36. The van der Waals surface area contributed by atoms with Crippen LogP contribution in [0, 0.1) is 0 Å². The van der Waals surface area contributed by atoms with Crippen molar-refractivity contribution in [3.63, 3.8) is 0 Å². The number of methoxy groups -OCH3 is 1. The summed E-state index contributed by atoms with van der Waals surface area (Å²) < 4.78 is 5.38. The van der Waals surface area contributed by atoms with E-state index in [2.05, 4.69) is 20.7 Å². The number of carbonyl (C=O) groups is 1. The lowest BCUT2D eigenvalue weighted by molar-refractivity contribution is -0.139. The molecule has 1 rings (SSSR count). The molecule has 13 heavy (non-hydrogen) atoms. The number of hydrogen-bond donors (Lipinski definition) is 1. The number of nitrogen functional groups attached to an aromatic ring is 1. The van der Waals surface area contributed by atoms with Gasteiger partial charge in [0.05, 0.1) is 13.5 Å². The molecule has 0 heterocycles. The largest absolute Gasteiger partial charge is 0.469 e. The topological polar surface area (TPSA) is 52.3 Å². The monoisotopic (exact) mass is 243 g/mol. The Balaban J connectivity index is 2.93. The van der Waals surface area contributed by atoms with Crippen molar-refractivity contribution < 1.29 is 9.53 Å². The minimum Gasteiger partial charge on any atom is -0.469 e. The zero-order chi connectivity index (χ0) is 9.84. The van der Waals surface area contributed by atoms with Crippen molar-refractivity contribution >= 4 is 27.6 Å². The molecule has 0 fully saturated rings. The van der Waals surface area contributed by atoms with Crippen LogP contribution in [0.3, 0.4) is 0 Å². The predicted molar refractivity (Wildman–Crippen MR) is 54.3 cm³/mol. The van der Waals surface area contributed by atoms with Crippen LogP contribution in [-0.2, 0) is 16.0 Å². The normalized spacial score (nSPS) is 9.69. The van der Waals surface area contributed by atoms with Crippen LogP contribution in [0.5, 0.6) is 0 Å². The molecule has 0 amide bonds. The third kappa shape index (κ3) is 2.45. The fourth-order valence-electron chi connectivity index (χ4n) is 0.978. The third-order valence-corrected chi connectivity index (χ3v) is 2.45. The summed E-state index contributed by atoms with van der Waals surface area (Å²) in [6.07, 6.45) is 0.198. The van der Waals surface area contributed by atoms with E-state index in [9.17, 15) is 4.79 Å². The maximum atomic E-state index is 11.0. The number of benzene rings is 1. The van der Waals surface area contributed by atoms with Crippen molar-refractivity contribution in [3.8, 4) is 0 Å². The first-order valence-corrected chi connectivity index (χ1v) is 4.54. The Labute approximate surface area is 85.0 Å². The molecule has 0 aliphatic carbocycles. The molecule has 0 unspecified atom stereocenters. The number of halogens is 1. The number of esters is 1. The number of ether oxygens (including phenoxy) is 1. The highest BCUT2D eigenvalue weighted by Crippen LogP contribution is 2.22. The fourth-order valence-corrected chi connectivity index (χ4v) is 1.50. The van der Waals surface area contributed by atoms with Crippen LogP contribution in [0.1, 0.15) is 5.56 Å². The Kier molecular flexibility index (Phi) is 3.31. The summed E-state index contributed by atoms with van der Waals surface area (Å²) in [6, 6.07) is 5.41. The molecule has 4 heteroatoms. The molecular formula is C9H10BrNO2. The Morgan fingerprint density at radius 3 is 2.85 bits per heavy atom. The molecule has 0 bridgehead atoms. The quantitative estimate of drug-likeness (QED) is 0.636. The summed E-state index contributed by atoms with van der Waals surface area (Å²) >= 11 is 3.32. The van der Waals surface area contributed by atoms with E-state index in [1.54, 1.807) is 6.07 Å². The van der Waals surface area contributed by atoms with Crippen molar-refractivity contribution in [2.24, 2.45) is 0 Å². The maximum absolute atomic E-state index is 11.0. The van der Waals surface area contributed by atoms with Crippen LogP contribution >= 0.6 is 15.9 Å². The standard InChI is InChI=1S/C9H10BrNO2/c1-13-9(12)5-6-7(10)3-2-4-8(6)11/h2-4H,5,11H2,1H3. The molecule has 0 aliphatic rings. The van der Waals surface area contributed by atoms with Crippen LogP contribution in [0.4, 0.5) is 5.69 Å². The van der Waals surface area contributed by atoms with Gasteiger partial charge in [-0.3, -0.25) is 4.79 Å². The van der Waals surface area contributed by atoms with Crippen LogP contribution < -0.4 is 5.73 Å². The van der Waals surface area contributed by atoms with E-state index in [1.165, 1.54) is 7.11 Å². The first-order valence-electron chi connectivity index (χ1n) is 3.75. The van der Waals surface area contributed by atoms with E-state index in [1.807, 2.05) is 12.1 Å². The summed E-state index contributed by atoms with van der Waals surface area (Å²) in [5.41, 5.74) is 7.06. The highest BCUT2D eigenvalue weighted by atomic mass is 79.9. The average molecular weight is 244 g/mol. The molecule has 0 saturated carbocycles. The van der Waals surface area contributed by atoms with Crippen molar-refractivity contribution in [2.75, 3.05) is 12.8 Å². The van der Waals surface area contributed by atoms with E-state index in [0.717, 1.165) is 10.0 Å². The Bertz CT molecular complexity index is 305. The van der Waals surface area contributed by atoms with E-state index in [-0.39, 0.29) is 12.4 Å². The van der Waals surface area contributed by atoms with Gasteiger partial charge in [0, 0.05) is 15.7 Å². The summed E-state index contributed by atoms with van der Waals surface area (Å²) in [6.45, 7) is 0. The van der Waals surface area contributed by atoms with Gasteiger partial charge in [0.25, 0.3) is 0 Å². The van der Waals surface area contributed by atoms with Gasteiger partial charge in [-0.05, 0) is 12.1 Å². The lowest BCUT2D eigenvalue weighted by Gasteiger charge is -2.06. The lowest BCUT2D eigenvalue weighted by atomic mass is 10.1. The molecule has 1 aromatic carbocycles. The lowest BCUT2D eigenvalue weighted by Crippen LogP contribution is -2.07.